The largest absolute Gasteiger partial charge is 0.301 e. The van der Waals surface area contributed by atoms with Gasteiger partial charge in [0.15, 0.2) is 5.16 Å². The molecular weight excluding hydrogens is 328 g/mol. The lowest BCUT2D eigenvalue weighted by molar-refractivity contribution is 0.509. The average Bonchev–Trinajstić information content (AvgIpc) is 3.07. The lowest BCUT2D eigenvalue weighted by Gasteiger charge is -2.17. The number of thioether (sulfide) groups is 1. The summed E-state index contributed by atoms with van der Waals surface area (Å²) in [5.41, 5.74) is 2.37. The SMILES string of the molecule is CC1CCc2c(sc3nc(SCc4cnn(C)c4)[nH]c(=O)c23)C1. The Hall–Kier alpha value is -1.60. The second kappa shape index (κ2) is 5.79. The van der Waals surface area contributed by atoms with Gasteiger partial charge in [0.1, 0.15) is 4.83 Å². The van der Waals surface area contributed by atoms with E-state index in [0.29, 0.717) is 11.1 Å². The molecule has 0 spiro atoms. The molecule has 1 atom stereocenters. The number of H-pyrrole nitrogens is 1. The standard InChI is InChI=1S/C16H18N4OS2/c1-9-3-4-11-12(5-9)23-15-13(11)14(21)18-16(19-15)22-8-10-6-17-20(2)7-10/h6-7,9H,3-5,8H2,1-2H3,(H,18,19,21). The Morgan fingerprint density at radius 3 is 3.17 bits per heavy atom. The van der Waals surface area contributed by atoms with Gasteiger partial charge < -0.3 is 4.98 Å². The van der Waals surface area contributed by atoms with Gasteiger partial charge in [0.25, 0.3) is 5.56 Å². The first-order valence-electron chi connectivity index (χ1n) is 7.75. The van der Waals surface area contributed by atoms with E-state index in [1.165, 1.54) is 10.4 Å². The number of aryl methyl sites for hydroxylation is 2. The lowest BCUT2D eigenvalue weighted by Crippen LogP contribution is -2.13. The molecule has 0 radical (unpaired) electrons. The number of fused-ring (bicyclic) bond motifs is 3. The lowest BCUT2D eigenvalue weighted by atomic mass is 9.89. The highest BCUT2D eigenvalue weighted by molar-refractivity contribution is 7.98. The van der Waals surface area contributed by atoms with Gasteiger partial charge in [-0.25, -0.2) is 4.98 Å². The first-order chi connectivity index (χ1) is 11.1. The van der Waals surface area contributed by atoms with E-state index in [-0.39, 0.29) is 5.56 Å². The van der Waals surface area contributed by atoms with Crippen molar-refractivity contribution in [2.75, 3.05) is 0 Å². The second-order valence-electron chi connectivity index (χ2n) is 6.21. The fraction of sp³-hybridized carbons (Fsp3) is 0.438. The highest BCUT2D eigenvalue weighted by Gasteiger charge is 2.23. The summed E-state index contributed by atoms with van der Waals surface area (Å²) in [6, 6.07) is 0. The van der Waals surface area contributed by atoms with Crippen LogP contribution in [-0.2, 0) is 25.6 Å². The Bertz CT molecular complexity index is 924. The van der Waals surface area contributed by atoms with E-state index >= 15 is 0 Å². The van der Waals surface area contributed by atoms with E-state index in [2.05, 4.69) is 22.0 Å². The molecule has 0 saturated carbocycles. The van der Waals surface area contributed by atoms with Gasteiger partial charge in [-0.3, -0.25) is 9.48 Å². The number of thiophene rings is 1. The van der Waals surface area contributed by atoms with Crippen molar-refractivity contribution in [2.24, 2.45) is 13.0 Å². The molecular formula is C16H18N4OS2. The van der Waals surface area contributed by atoms with E-state index in [4.69, 9.17) is 0 Å². The summed E-state index contributed by atoms with van der Waals surface area (Å²) < 4.78 is 1.78. The number of nitrogens with one attached hydrogen (secondary N) is 1. The first kappa shape index (κ1) is 15.0. The van der Waals surface area contributed by atoms with Crippen LogP contribution in [-0.4, -0.2) is 19.7 Å². The van der Waals surface area contributed by atoms with Crippen LogP contribution in [0.2, 0.25) is 0 Å². The van der Waals surface area contributed by atoms with Gasteiger partial charge >= 0.3 is 0 Å². The van der Waals surface area contributed by atoms with Crippen molar-refractivity contribution in [1.82, 2.24) is 19.7 Å². The zero-order chi connectivity index (χ0) is 16.0. The normalized spacial score (nSPS) is 17.6. The summed E-state index contributed by atoms with van der Waals surface area (Å²) in [6.07, 6.45) is 7.07. The van der Waals surface area contributed by atoms with Crippen LogP contribution in [0.4, 0.5) is 0 Å². The van der Waals surface area contributed by atoms with E-state index < -0.39 is 0 Å². The molecule has 3 heterocycles. The third-order valence-corrected chi connectivity index (χ3v) is 6.37. The minimum absolute atomic E-state index is 0.00994. The van der Waals surface area contributed by atoms with Gasteiger partial charge in [-0.05, 0) is 30.7 Å². The van der Waals surface area contributed by atoms with Crippen LogP contribution in [0.15, 0.2) is 22.3 Å². The molecule has 0 aliphatic heterocycles. The molecule has 0 saturated heterocycles. The molecule has 1 aliphatic rings. The zero-order valence-electron chi connectivity index (χ0n) is 13.1. The van der Waals surface area contributed by atoms with Crippen LogP contribution in [0.25, 0.3) is 10.2 Å². The number of hydrogen-bond acceptors (Lipinski definition) is 5. The van der Waals surface area contributed by atoms with Crippen molar-refractivity contribution < 1.29 is 0 Å². The minimum atomic E-state index is 0.00994. The van der Waals surface area contributed by atoms with E-state index in [0.717, 1.165) is 40.8 Å². The zero-order valence-corrected chi connectivity index (χ0v) is 14.8. The predicted octanol–water partition coefficient (Wildman–Crippen LogP) is 3.14. The van der Waals surface area contributed by atoms with Gasteiger partial charge in [-0.2, -0.15) is 5.10 Å². The molecule has 0 amide bonds. The Labute approximate surface area is 142 Å². The Balaban J connectivity index is 1.66. The topological polar surface area (TPSA) is 63.6 Å². The monoisotopic (exact) mass is 346 g/mol. The molecule has 3 aromatic rings. The van der Waals surface area contributed by atoms with Gasteiger partial charge in [-0.15, -0.1) is 11.3 Å². The Morgan fingerprint density at radius 1 is 1.52 bits per heavy atom. The molecule has 4 rings (SSSR count). The number of nitrogens with zero attached hydrogens (tertiary/aromatic N) is 3. The van der Waals surface area contributed by atoms with Crippen molar-refractivity contribution in [3.8, 4) is 0 Å². The fourth-order valence-electron chi connectivity index (χ4n) is 3.10. The molecule has 7 heteroatoms. The number of hydrogen-bond donors (Lipinski definition) is 1. The van der Waals surface area contributed by atoms with Crippen molar-refractivity contribution >= 4 is 33.3 Å². The molecule has 120 valence electrons. The number of aromatic amines is 1. The smallest absolute Gasteiger partial charge is 0.260 e. The molecule has 1 unspecified atom stereocenters. The van der Waals surface area contributed by atoms with Crippen LogP contribution >= 0.6 is 23.1 Å². The third-order valence-electron chi connectivity index (χ3n) is 4.28. The summed E-state index contributed by atoms with van der Waals surface area (Å²) >= 11 is 3.25. The van der Waals surface area contributed by atoms with Crippen LogP contribution in [0.5, 0.6) is 0 Å². The summed E-state index contributed by atoms with van der Waals surface area (Å²) in [5.74, 6) is 1.46. The maximum absolute atomic E-state index is 12.5. The molecule has 5 nitrogen and oxygen atoms in total. The van der Waals surface area contributed by atoms with Crippen LogP contribution in [0, 0.1) is 5.92 Å². The first-order valence-corrected chi connectivity index (χ1v) is 9.55. The van der Waals surface area contributed by atoms with Crippen molar-refractivity contribution in [1.29, 1.82) is 0 Å². The molecule has 3 aromatic heterocycles. The van der Waals surface area contributed by atoms with Gasteiger partial charge in [-0.1, -0.05) is 18.7 Å². The number of rotatable bonds is 3. The third kappa shape index (κ3) is 2.83. The van der Waals surface area contributed by atoms with Crippen molar-refractivity contribution in [3.63, 3.8) is 0 Å². The molecule has 1 aliphatic carbocycles. The number of aromatic nitrogens is 4. The summed E-state index contributed by atoms with van der Waals surface area (Å²) in [6.45, 7) is 2.28. The van der Waals surface area contributed by atoms with Crippen molar-refractivity contribution in [3.05, 3.63) is 38.8 Å². The second-order valence-corrected chi connectivity index (χ2v) is 8.26. The molecule has 0 bridgehead atoms. The van der Waals surface area contributed by atoms with Gasteiger partial charge in [0.05, 0.1) is 11.6 Å². The predicted molar refractivity (Wildman–Crippen MR) is 94.2 cm³/mol. The highest BCUT2D eigenvalue weighted by atomic mass is 32.2. The Kier molecular flexibility index (Phi) is 3.77. The molecule has 0 aromatic carbocycles. The summed E-state index contributed by atoms with van der Waals surface area (Å²) in [7, 11) is 1.90. The molecule has 23 heavy (non-hydrogen) atoms. The molecule has 1 N–H and O–H groups in total. The van der Waals surface area contributed by atoms with Gasteiger partial charge in [0.2, 0.25) is 0 Å². The van der Waals surface area contributed by atoms with Crippen molar-refractivity contribution in [2.45, 2.75) is 37.1 Å². The Morgan fingerprint density at radius 2 is 2.39 bits per heavy atom. The average molecular weight is 346 g/mol. The fourth-order valence-corrected chi connectivity index (χ4v) is 5.31. The maximum atomic E-state index is 12.5. The molecule has 0 fully saturated rings. The summed E-state index contributed by atoms with van der Waals surface area (Å²) in [4.78, 5) is 22.4. The van der Waals surface area contributed by atoms with Gasteiger partial charge in [0, 0.05) is 29.4 Å². The van der Waals surface area contributed by atoms with E-state index in [1.54, 1.807) is 27.8 Å². The van der Waals surface area contributed by atoms with Crippen LogP contribution < -0.4 is 5.56 Å². The highest BCUT2D eigenvalue weighted by Crippen LogP contribution is 2.36. The summed E-state index contributed by atoms with van der Waals surface area (Å²) in [5, 5.41) is 5.68. The minimum Gasteiger partial charge on any atom is -0.301 e. The van der Waals surface area contributed by atoms with E-state index in [9.17, 15) is 4.79 Å². The quantitative estimate of drug-likeness (QED) is 0.584. The van der Waals surface area contributed by atoms with Crippen LogP contribution in [0.3, 0.4) is 0 Å². The maximum Gasteiger partial charge on any atom is 0.260 e. The van der Waals surface area contributed by atoms with E-state index in [1.807, 2.05) is 19.4 Å². The van der Waals surface area contributed by atoms with Crippen LogP contribution in [0.1, 0.15) is 29.3 Å².